The summed E-state index contributed by atoms with van der Waals surface area (Å²) in [5.74, 6) is 0. The molecule has 0 atom stereocenters. The van der Waals surface area contributed by atoms with Gasteiger partial charge in [0.2, 0.25) is 0 Å². The van der Waals surface area contributed by atoms with Gasteiger partial charge in [0.25, 0.3) is 0 Å². The third-order valence-electron chi connectivity index (χ3n) is 6.76. The summed E-state index contributed by atoms with van der Waals surface area (Å²) in [5, 5.41) is 5.49. The van der Waals surface area contributed by atoms with Crippen LogP contribution in [0.5, 0.6) is 0 Å². The molecule has 0 saturated heterocycles. The number of anilines is 1. The quantitative estimate of drug-likeness (QED) is 0.174. The van der Waals surface area contributed by atoms with Crippen molar-refractivity contribution in [2.24, 2.45) is 0 Å². The summed E-state index contributed by atoms with van der Waals surface area (Å²) in [4.78, 5) is 0. The van der Waals surface area contributed by atoms with E-state index in [0.717, 1.165) is 12.8 Å². The van der Waals surface area contributed by atoms with E-state index in [2.05, 4.69) is 159 Å². The zero-order valence-electron chi connectivity index (χ0n) is 22.5. The molecular formula is C35H35NP2. The van der Waals surface area contributed by atoms with Crippen molar-refractivity contribution in [3.8, 4) is 0 Å². The first kappa shape index (κ1) is 26.4. The molecule has 0 bridgehead atoms. The highest BCUT2D eigenvalue weighted by atomic mass is 31.2. The molecule has 3 heteroatoms. The highest BCUT2D eigenvalue weighted by Crippen LogP contribution is 2.58. The molecule has 0 aliphatic heterocycles. The van der Waals surface area contributed by atoms with E-state index in [1.165, 1.54) is 43.6 Å². The van der Waals surface area contributed by atoms with E-state index in [9.17, 15) is 0 Å². The Kier molecular flexibility index (Phi) is 8.70. The van der Waals surface area contributed by atoms with Crippen LogP contribution in [0.4, 0.5) is 5.69 Å². The van der Waals surface area contributed by atoms with Crippen molar-refractivity contribution in [1.82, 2.24) is 0 Å². The summed E-state index contributed by atoms with van der Waals surface area (Å²) < 4.78 is 2.84. The molecule has 0 saturated carbocycles. The first-order valence-corrected chi connectivity index (χ1v) is 16.0. The van der Waals surface area contributed by atoms with Gasteiger partial charge in [-0.25, -0.2) is 0 Å². The Balaban J connectivity index is 1.89. The number of aryl methyl sites for hydroxylation is 3. The molecule has 0 radical (unpaired) electrons. The molecular weight excluding hydrogens is 496 g/mol. The van der Waals surface area contributed by atoms with Crippen molar-refractivity contribution in [2.45, 2.75) is 33.6 Å². The average Bonchev–Trinajstić information content (AvgIpc) is 2.98. The van der Waals surface area contributed by atoms with Crippen LogP contribution in [0.2, 0.25) is 0 Å². The standard InChI is InChI=1S/C35H35NP2/c1-4-29-26-28(3)27-30(5-2)35(29)36(37(31-18-10-6-11-19-31)32-20-12-7-13-21-32)38(33-22-14-8-15-23-33)34-24-16-9-17-25-34/h6-27H,4-5H2,1-3H3. The minimum Gasteiger partial charge on any atom is -0.312 e. The van der Waals surface area contributed by atoms with Crippen LogP contribution in [0.25, 0.3) is 0 Å². The summed E-state index contributed by atoms with van der Waals surface area (Å²) >= 11 is 0. The largest absolute Gasteiger partial charge is 0.312 e. The third-order valence-corrected chi connectivity index (χ3v) is 12.1. The van der Waals surface area contributed by atoms with Crippen molar-refractivity contribution in [2.75, 3.05) is 4.44 Å². The predicted octanol–water partition coefficient (Wildman–Crippen LogP) is 8.02. The molecule has 5 rings (SSSR count). The van der Waals surface area contributed by atoms with E-state index < -0.39 is 16.1 Å². The smallest absolute Gasteiger partial charge is 0.0590 e. The van der Waals surface area contributed by atoms with Crippen molar-refractivity contribution < 1.29 is 0 Å². The second kappa shape index (κ2) is 12.5. The zero-order chi connectivity index (χ0) is 26.3. The number of hydrogen-bond donors (Lipinski definition) is 0. The van der Waals surface area contributed by atoms with E-state index >= 15 is 0 Å². The average molecular weight is 532 g/mol. The lowest BCUT2D eigenvalue weighted by molar-refractivity contribution is 1.07. The third kappa shape index (κ3) is 5.61. The summed E-state index contributed by atoms with van der Waals surface area (Å²) in [6.07, 6.45) is 2.00. The van der Waals surface area contributed by atoms with Crippen LogP contribution in [0.3, 0.4) is 0 Å². The number of rotatable bonds is 9. The molecule has 0 aromatic heterocycles. The highest BCUT2D eigenvalue weighted by molar-refractivity contribution is 7.90. The SMILES string of the molecule is CCc1cc(C)cc(CC)c1N(P(c1ccccc1)c1ccccc1)P(c1ccccc1)c1ccccc1. The molecule has 5 aromatic carbocycles. The molecule has 0 heterocycles. The molecule has 0 aliphatic carbocycles. The zero-order valence-corrected chi connectivity index (χ0v) is 24.2. The van der Waals surface area contributed by atoms with Gasteiger partial charge < -0.3 is 4.44 Å². The van der Waals surface area contributed by atoms with Crippen LogP contribution < -0.4 is 25.7 Å². The number of nitrogens with zero attached hydrogens (tertiary/aromatic N) is 1. The van der Waals surface area contributed by atoms with Gasteiger partial charge in [-0.05, 0) is 30.9 Å². The molecule has 190 valence electrons. The fraction of sp³-hybridized carbons (Fsp3) is 0.143. The fourth-order valence-corrected chi connectivity index (χ4v) is 11.2. The molecule has 0 aliphatic rings. The maximum absolute atomic E-state index is 2.84. The minimum absolute atomic E-state index is 0.869. The molecule has 1 nitrogen and oxygen atoms in total. The van der Waals surface area contributed by atoms with Gasteiger partial charge in [-0.2, -0.15) is 0 Å². The fourth-order valence-electron chi connectivity index (χ4n) is 5.03. The highest BCUT2D eigenvalue weighted by Gasteiger charge is 2.34. The maximum atomic E-state index is 2.84. The van der Waals surface area contributed by atoms with Gasteiger partial charge in [-0.1, -0.05) is 153 Å². The van der Waals surface area contributed by atoms with E-state index in [4.69, 9.17) is 0 Å². The molecule has 0 spiro atoms. The van der Waals surface area contributed by atoms with E-state index in [0.29, 0.717) is 0 Å². The molecule has 0 N–H and O–H groups in total. The summed E-state index contributed by atoms with van der Waals surface area (Å²) in [6.45, 7) is 6.84. The van der Waals surface area contributed by atoms with Crippen LogP contribution in [0.1, 0.15) is 30.5 Å². The number of hydrogen-bond acceptors (Lipinski definition) is 1. The first-order valence-electron chi connectivity index (χ1n) is 13.4. The number of benzene rings is 5. The predicted molar refractivity (Wildman–Crippen MR) is 171 cm³/mol. The lowest BCUT2D eigenvalue weighted by atomic mass is 10.0. The molecule has 0 amide bonds. The topological polar surface area (TPSA) is 3.24 Å². The van der Waals surface area contributed by atoms with E-state index in [1.54, 1.807) is 0 Å². The second-order valence-electron chi connectivity index (χ2n) is 9.39. The van der Waals surface area contributed by atoms with Crippen molar-refractivity contribution >= 4 is 43.1 Å². The van der Waals surface area contributed by atoms with Gasteiger partial charge in [0.05, 0.1) is 21.8 Å². The second-order valence-corrected chi connectivity index (χ2v) is 13.8. The van der Waals surface area contributed by atoms with Crippen LogP contribution in [-0.4, -0.2) is 0 Å². The van der Waals surface area contributed by atoms with Gasteiger partial charge in [0.15, 0.2) is 0 Å². The van der Waals surface area contributed by atoms with Gasteiger partial charge in [-0.3, -0.25) is 0 Å². The van der Waals surface area contributed by atoms with Crippen LogP contribution >= 0.6 is 16.1 Å². The summed E-state index contributed by atoms with van der Waals surface area (Å²) in [5.41, 5.74) is 5.62. The van der Waals surface area contributed by atoms with Gasteiger partial charge in [-0.15, -0.1) is 0 Å². The van der Waals surface area contributed by atoms with Crippen molar-refractivity contribution in [3.63, 3.8) is 0 Å². The van der Waals surface area contributed by atoms with Crippen molar-refractivity contribution in [1.29, 1.82) is 0 Å². The molecule has 5 aromatic rings. The van der Waals surface area contributed by atoms with Crippen molar-refractivity contribution in [3.05, 3.63) is 150 Å². The lowest BCUT2D eigenvalue weighted by Crippen LogP contribution is -2.33. The molecule has 0 unspecified atom stereocenters. The summed E-state index contributed by atoms with van der Waals surface area (Å²) in [7, 11) is -1.74. The Morgan fingerprint density at radius 1 is 0.474 bits per heavy atom. The Bertz CT molecular complexity index is 1250. The molecule has 0 fully saturated rings. The van der Waals surface area contributed by atoms with Gasteiger partial charge in [0.1, 0.15) is 0 Å². The Morgan fingerprint density at radius 3 is 1.03 bits per heavy atom. The monoisotopic (exact) mass is 531 g/mol. The molecule has 38 heavy (non-hydrogen) atoms. The van der Waals surface area contributed by atoms with Crippen LogP contribution in [0, 0.1) is 6.92 Å². The van der Waals surface area contributed by atoms with Crippen LogP contribution in [0.15, 0.2) is 133 Å². The van der Waals surface area contributed by atoms with Gasteiger partial charge >= 0.3 is 0 Å². The Labute approximate surface area is 230 Å². The van der Waals surface area contributed by atoms with E-state index in [-0.39, 0.29) is 0 Å². The Hall–Kier alpha value is -3.24. The summed E-state index contributed by atoms with van der Waals surface area (Å²) in [6, 6.07) is 49.4. The minimum atomic E-state index is -0.869. The first-order chi connectivity index (χ1) is 18.7. The Morgan fingerprint density at radius 2 is 0.763 bits per heavy atom. The lowest BCUT2D eigenvalue weighted by Gasteiger charge is -2.42. The normalized spacial score (nSPS) is 11.2. The van der Waals surface area contributed by atoms with Gasteiger partial charge in [0, 0.05) is 21.2 Å². The van der Waals surface area contributed by atoms with Crippen LogP contribution in [-0.2, 0) is 12.8 Å². The maximum Gasteiger partial charge on any atom is 0.0590 e. The van der Waals surface area contributed by atoms with E-state index in [1.807, 2.05) is 0 Å².